The van der Waals surface area contributed by atoms with Crippen molar-refractivity contribution in [2.24, 2.45) is 5.92 Å². The van der Waals surface area contributed by atoms with Gasteiger partial charge in [0.05, 0.1) is 5.69 Å². The molecule has 0 aliphatic carbocycles. The summed E-state index contributed by atoms with van der Waals surface area (Å²) in [7, 11) is 0. The quantitative estimate of drug-likeness (QED) is 0.704. The molecule has 0 spiro atoms. The van der Waals surface area contributed by atoms with Crippen LogP contribution >= 0.6 is 0 Å². The van der Waals surface area contributed by atoms with Gasteiger partial charge in [-0.05, 0) is 36.5 Å². The average Bonchev–Trinajstić information content (AvgIpc) is 2.99. The highest BCUT2D eigenvalue weighted by molar-refractivity contribution is 5.38. The molecule has 2 atom stereocenters. The van der Waals surface area contributed by atoms with Gasteiger partial charge in [0.2, 0.25) is 0 Å². The van der Waals surface area contributed by atoms with Crippen LogP contribution < -0.4 is 5.56 Å². The Morgan fingerprint density at radius 1 is 0.929 bits per heavy atom. The molecule has 3 aromatic rings. The van der Waals surface area contributed by atoms with Crippen LogP contribution in [0, 0.1) is 5.92 Å². The van der Waals surface area contributed by atoms with Gasteiger partial charge >= 0.3 is 0 Å². The lowest BCUT2D eigenvalue weighted by Gasteiger charge is -2.36. The minimum absolute atomic E-state index is 0.00379. The molecule has 2 bridgehead atoms. The smallest absolute Gasteiger partial charge is 0.258 e. The Balaban J connectivity index is 1.33. The number of hydrogen-bond donors (Lipinski definition) is 0. The van der Waals surface area contributed by atoms with Crippen LogP contribution in [0.2, 0.25) is 0 Å². The fraction of sp³-hybridized carbons (Fsp3) is 0.391. The number of pyridine rings is 1. The zero-order chi connectivity index (χ0) is 18.9. The number of benzene rings is 1. The Morgan fingerprint density at radius 3 is 2.68 bits per heavy atom. The van der Waals surface area contributed by atoms with Gasteiger partial charge in [0.1, 0.15) is 5.65 Å². The molecule has 0 amide bonds. The number of nitrogens with zero attached hydrogens (tertiary/aromatic N) is 4. The lowest BCUT2D eigenvalue weighted by Crippen LogP contribution is -2.43. The Bertz CT molecular complexity index is 1020. The van der Waals surface area contributed by atoms with Gasteiger partial charge in [0, 0.05) is 51.0 Å². The van der Waals surface area contributed by atoms with E-state index in [1.54, 1.807) is 16.7 Å². The Hall–Kier alpha value is -2.50. The van der Waals surface area contributed by atoms with Crippen molar-refractivity contribution >= 4 is 5.65 Å². The third kappa shape index (κ3) is 3.60. The highest BCUT2D eigenvalue weighted by Gasteiger charge is 2.34. The summed E-state index contributed by atoms with van der Waals surface area (Å²) < 4.78 is 1.61. The number of aromatic nitrogens is 2. The SMILES string of the molecule is O=c1cc(CN2C[C@H]3CC[C@@H](C2)N(Cc2ccccc2)C3)nc2ccccn12. The third-order valence-electron chi connectivity index (χ3n) is 6.14. The summed E-state index contributed by atoms with van der Waals surface area (Å²) in [5, 5.41) is 0. The molecule has 5 heterocycles. The summed E-state index contributed by atoms with van der Waals surface area (Å²) in [4.78, 5) is 22.3. The zero-order valence-electron chi connectivity index (χ0n) is 16.1. The Kier molecular flexibility index (Phi) is 4.71. The number of rotatable bonds is 4. The molecule has 28 heavy (non-hydrogen) atoms. The van der Waals surface area contributed by atoms with E-state index in [-0.39, 0.29) is 5.56 Å². The van der Waals surface area contributed by atoms with E-state index >= 15 is 0 Å². The third-order valence-corrected chi connectivity index (χ3v) is 6.14. The standard InChI is InChI=1S/C23H26N4O/c28-23-12-20(24-22-8-4-5-11-27(22)23)16-25-13-19-9-10-21(17-25)26(15-19)14-18-6-2-1-3-7-18/h1-8,11-12,19,21H,9-10,13-17H2/t19-,21+/m1/s1. The molecule has 5 heteroatoms. The van der Waals surface area contributed by atoms with E-state index in [1.165, 1.54) is 24.9 Å². The topological polar surface area (TPSA) is 40.9 Å². The van der Waals surface area contributed by atoms with Crippen LogP contribution in [0.5, 0.6) is 0 Å². The normalized spacial score (nSPS) is 23.1. The lowest BCUT2D eigenvalue weighted by molar-refractivity contribution is 0.123. The number of fused-ring (bicyclic) bond motifs is 5. The first-order chi connectivity index (χ1) is 13.7. The molecule has 3 aliphatic rings. The highest BCUT2D eigenvalue weighted by atomic mass is 16.1. The molecule has 0 saturated carbocycles. The molecule has 3 aliphatic heterocycles. The van der Waals surface area contributed by atoms with Gasteiger partial charge in [-0.25, -0.2) is 4.98 Å². The molecule has 3 saturated heterocycles. The molecule has 1 aromatic carbocycles. The van der Waals surface area contributed by atoms with Crippen LogP contribution in [0.4, 0.5) is 0 Å². The minimum Gasteiger partial charge on any atom is -0.296 e. The number of piperidine rings is 1. The van der Waals surface area contributed by atoms with Gasteiger partial charge in [-0.3, -0.25) is 19.0 Å². The largest absolute Gasteiger partial charge is 0.296 e. The van der Waals surface area contributed by atoms with Crippen molar-refractivity contribution in [3.05, 3.63) is 82.4 Å². The first-order valence-corrected chi connectivity index (χ1v) is 10.2. The first kappa shape index (κ1) is 17.6. The van der Waals surface area contributed by atoms with Gasteiger partial charge in [-0.1, -0.05) is 36.4 Å². The second-order valence-electron chi connectivity index (χ2n) is 8.22. The van der Waals surface area contributed by atoms with Crippen molar-refractivity contribution in [2.45, 2.75) is 32.0 Å². The number of hydrogen-bond acceptors (Lipinski definition) is 4. The summed E-state index contributed by atoms with van der Waals surface area (Å²) >= 11 is 0. The van der Waals surface area contributed by atoms with Crippen molar-refractivity contribution in [1.29, 1.82) is 0 Å². The van der Waals surface area contributed by atoms with Crippen LogP contribution in [0.1, 0.15) is 24.1 Å². The summed E-state index contributed by atoms with van der Waals surface area (Å²) in [6.07, 6.45) is 4.35. The van der Waals surface area contributed by atoms with E-state index in [0.29, 0.717) is 12.0 Å². The zero-order valence-corrected chi connectivity index (χ0v) is 16.1. The second kappa shape index (κ2) is 7.49. The van der Waals surface area contributed by atoms with Crippen LogP contribution in [-0.2, 0) is 13.1 Å². The fourth-order valence-corrected chi connectivity index (χ4v) is 4.83. The average molecular weight is 374 g/mol. The first-order valence-electron chi connectivity index (χ1n) is 10.2. The second-order valence-corrected chi connectivity index (χ2v) is 8.22. The molecule has 6 rings (SSSR count). The van der Waals surface area contributed by atoms with Crippen molar-refractivity contribution < 1.29 is 0 Å². The van der Waals surface area contributed by atoms with E-state index in [9.17, 15) is 4.79 Å². The molecule has 3 fully saturated rings. The molecule has 0 unspecified atom stereocenters. The van der Waals surface area contributed by atoms with E-state index in [0.717, 1.165) is 37.5 Å². The summed E-state index contributed by atoms with van der Waals surface area (Å²) in [5.41, 5.74) is 3.01. The van der Waals surface area contributed by atoms with Gasteiger partial charge in [0.15, 0.2) is 0 Å². The van der Waals surface area contributed by atoms with Gasteiger partial charge < -0.3 is 0 Å². The van der Waals surface area contributed by atoms with Gasteiger partial charge in [0.25, 0.3) is 5.56 Å². The lowest BCUT2D eigenvalue weighted by atomic mass is 9.94. The monoisotopic (exact) mass is 374 g/mol. The van der Waals surface area contributed by atoms with Gasteiger partial charge in [-0.15, -0.1) is 0 Å². The molecule has 2 aromatic heterocycles. The van der Waals surface area contributed by atoms with E-state index in [1.807, 2.05) is 18.2 Å². The molecule has 144 valence electrons. The summed E-state index contributed by atoms with van der Waals surface area (Å²) in [5.74, 6) is 0.698. The van der Waals surface area contributed by atoms with E-state index in [2.05, 4.69) is 40.1 Å². The predicted molar refractivity (Wildman–Crippen MR) is 110 cm³/mol. The van der Waals surface area contributed by atoms with Crippen molar-refractivity contribution in [3.63, 3.8) is 0 Å². The summed E-state index contributed by atoms with van der Waals surface area (Å²) in [6, 6.07) is 18.8. The van der Waals surface area contributed by atoms with Gasteiger partial charge in [-0.2, -0.15) is 0 Å². The Labute approximate surface area is 165 Å². The fourth-order valence-electron chi connectivity index (χ4n) is 4.83. The van der Waals surface area contributed by atoms with Crippen molar-refractivity contribution in [1.82, 2.24) is 19.2 Å². The molecular weight excluding hydrogens is 348 g/mol. The molecule has 0 N–H and O–H groups in total. The minimum atomic E-state index is 0.00379. The van der Waals surface area contributed by atoms with Crippen molar-refractivity contribution in [3.8, 4) is 0 Å². The van der Waals surface area contributed by atoms with Crippen molar-refractivity contribution in [2.75, 3.05) is 19.6 Å². The van der Waals surface area contributed by atoms with Crippen LogP contribution in [-0.4, -0.2) is 44.9 Å². The maximum Gasteiger partial charge on any atom is 0.258 e. The Morgan fingerprint density at radius 2 is 1.79 bits per heavy atom. The van der Waals surface area contributed by atoms with Crippen LogP contribution in [0.25, 0.3) is 5.65 Å². The van der Waals surface area contributed by atoms with E-state index < -0.39 is 0 Å². The molecule has 5 nitrogen and oxygen atoms in total. The summed E-state index contributed by atoms with van der Waals surface area (Å²) in [6.45, 7) is 5.11. The highest BCUT2D eigenvalue weighted by Crippen LogP contribution is 2.29. The van der Waals surface area contributed by atoms with Crippen LogP contribution in [0.15, 0.2) is 65.6 Å². The van der Waals surface area contributed by atoms with E-state index in [4.69, 9.17) is 4.98 Å². The predicted octanol–water partition coefficient (Wildman–Crippen LogP) is 2.79. The van der Waals surface area contributed by atoms with Crippen LogP contribution in [0.3, 0.4) is 0 Å². The molecule has 0 radical (unpaired) electrons. The maximum atomic E-state index is 12.4. The molecular formula is C23H26N4O. The maximum absolute atomic E-state index is 12.4.